The lowest BCUT2D eigenvalue weighted by molar-refractivity contribution is 0.306. The molecule has 0 unspecified atom stereocenters. The van der Waals surface area contributed by atoms with Crippen molar-refractivity contribution in [1.29, 1.82) is 0 Å². The lowest BCUT2D eigenvalue weighted by Gasteiger charge is -2.30. The molecule has 0 aliphatic carbocycles. The van der Waals surface area contributed by atoms with E-state index in [9.17, 15) is 0 Å². The SMILES string of the molecule is C=C[Si](Oc1ccc(OCc2ccccc2)cc1)(c1ccccc1)c1ccccc1. The van der Waals surface area contributed by atoms with Gasteiger partial charge in [0.2, 0.25) is 0 Å². The summed E-state index contributed by atoms with van der Waals surface area (Å²) in [4.78, 5) is 0. The molecule has 2 nitrogen and oxygen atoms in total. The van der Waals surface area contributed by atoms with Crippen LogP contribution in [-0.4, -0.2) is 8.32 Å². The molecule has 0 heterocycles. The summed E-state index contributed by atoms with van der Waals surface area (Å²) in [7, 11) is -2.63. The van der Waals surface area contributed by atoms with Gasteiger partial charge in [-0.15, -0.1) is 6.58 Å². The van der Waals surface area contributed by atoms with Crippen molar-refractivity contribution in [3.63, 3.8) is 0 Å². The van der Waals surface area contributed by atoms with E-state index < -0.39 is 8.32 Å². The van der Waals surface area contributed by atoms with Gasteiger partial charge in [-0.3, -0.25) is 0 Å². The fourth-order valence-corrected chi connectivity index (χ4v) is 6.47. The van der Waals surface area contributed by atoms with Crippen molar-refractivity contribution in [3.8, 4) is 11.5 Å². The zero-order valence-electron chi connectivity index (χ0n) is 16.8. The van der Waals surface area contributed by atoms with Gasteiger partial charge in [0, 0.05) is 0 Å². The average molecular weight is 409 g/mol. The van der Waals surface area contributed by atoms with E-state index >= 15 is 0 Å². The average Bonchev–Trinajstić information content (AvgIpc) is 2.84. The number of ether oxygens (including phenoxy) is 1. The number of rotatable bonds is 8. The zero-order chi connectivity index (χ0) is 20.7. The molecular formula is C27H24O2Si. The molecule has 4 aromatic carbocycles. The van der Waals surface area contributed by atoms with Crippen LogP contribution in [0.3, 0.4) is 0 Å². The molecule has 0 aliphatic rings. The van der Waals surface area contributed by atoms with E-state index in [0.29, 0.717) is 6.61 Å². The molecule has 0 radical (unpaired) electrons. The van der Waals surface area contributed by atoms with E-state index in [1.807, 2.05) is 84.6 Å². The van der Waals surface area contributed by atoms with Crippen LogP contribution in [0.5, 0.6) is 11.5 Å². The van der Waals surface area contributed by atoms with Crippen LogP contribution in [0.2, 0.25) is 0 Å². The van der Waals surface area contributed by atoms with Crippen molar-refractivity contribution in [2.45, 2.75) is 6.61 Å². The Morgan fingerprint density at radius 3 is 1.57 bits per heavy atom. The summed E-state index contributed by atoms with van der Waals surface area (Å²) in [6.45, 7) is 4.72. The molecule has 4 rings (SSSR count). The summed E-state index contributed by atoms with van der Waals surface area (Å²) >= 11 is 0. The molecule has 0 N–H and O–H groups in total. The summed E-state index contributed by atoms with van der Waals surface area (Å²) < 4.78 is 12.6. The fraction of sp³-hybridized carbons (Fsp3) is 0.0370. The Morgan fingerprint density at radius 2 is 1.07 bits per heavy atom. The molecule has 0 saturated heterocycles. The van der Waals surface area contributed by atoms with Crippen LogP contribution in [0.25, 0.3) is 0 Å². The van der Waals surface area contributed by atoms with Crippen LogP contribution >= 0.6 is 0 Å². The Morgan fingerprint density at radius 1 is 0.600 bits per heavy atom. The maximum atomic E-state index is 6.71. The second-order valence-electron chi connectivity index (χ2n) is 7.02. The first-order chi connectivity index (χ1) is 14.8. The van der Waals surface area contributed by atoms with Gasteiger partial charge in [0.1, 0.15) is 18.1 Å². The highest BCUT2D eigenvalue weighted by Gasteiger charge is 2.38. The molecule has 0 atom stereocenters. The molecule has 30 heavy (non-hydrogen) atoms. The van der Waals surface area contributed by atoms with Gasteiger partial charge in [-0.2, -0.15) is 0 Å². The third kappa shape index (κ3) is 4.37. The lowest BCUT2D eigenvalue weighted by Crippen LogP contribution is -2.62. The second kappa shape index (κ2) is 9.29. The standard InChI is InChI=1S/C27H24O2Si/c1-2-30(26-14-8-4-9-15-26,27-16-10-5-11-17-27)29-25-20-18-24(19-21-25)28-22-23-12-6-3-7-13-23/h2-21H,1,22H2. The minimum Gasteiger partial charge on any atom is -0.531 e. The molecule has 4 aromatic rings. The summed E-state index contributed by atoms with van der Waals surface area (Å²) in [5.41, 5.74) is 3.14. The quantitative estimate of drug-likeness (QED) is 0.376. The molecule has 0 aromatic heterocycles. The smallest absolute Gasteiger partial charge is 0.339 e. The molecule has 0 amide bonds. The number of benzene rings is 4. The third-order valence-electron chi connectivity index (χ3n) is 5.04. The first-order valence-corrected chi connectivity index (χ1v) is 12.0. The van der Waals surface area contributed by atoms with Crippen molar-refractivity contribution in [3.05, 3.63) is 133 Å². The monoisotopic (exact) mass is 408 g/mol. The van der Waals surface area contributed by atoms with Gasteiger partial charge in [0.25, 0.3) is 0 Å². The van der Waals surface area contributed by atoms with E-state index in [2.05, 4.69) is 43.0 Å². The van der Waals surface area contributed by atoms with Crippen molar-refractivity contribution < 1.29 is 9.16 Å². The normalized spacial score (nSPS) is 10.9. The maximum absolute atomic E-state index is 6.71. The maximum Gasteiger partial charge on any atom is 0.339 e. The first kappa shape index (κ1) is 19.7. The Bertz CT molecular complexity index is 1020. The van der Waals surface area contributed by atoms with Crippen LogP contribution in [0.1, 0.15) is 5.56 Å². The van der Waals surface area contributed by atoms with Crippen molar-refractivity contribution >= 4 is 18.7 Å². The molecule has 0 bridgehead atoms. The number of hydrogen-bond donors (Lipinski definition) is 0. The largest absolute Gasteiger partial charge is 0.531 e. The van der Waals surface area contributed by atoms with E-state index in [1.165, 1.54) is 0 Å². The van der Waals surface area contributed by atoms with Gasteiger partial charge >= 0.3 is 8.32 Å². The fourth-order valence-electron chi connectivity index (χ4n) is 3.46. The minimum atomic E-state index is -2.63. The highest BCUT2D eigenvalue weighted by atomic mass is 28.4. The molecule has 0 spiro atoms. The van der Waals surface area contributed by atoms with Gasteiger partial charge in [0.05, 0.1) is 0 Å². The van der Waals surface area contributed by atoms with Gasteiger partial charge in [-0.05, 0) is 40.2 Å². The van der Waals surface area contributed by atoms with Gasteiger partial charge in [-0.1, -0.05) is 96.7 Å². The predicted octanol–water partition coefficient (Wildman–Crippen LogP) is 5.13. The zero-order valence-corrected chi connectivity index (χ0v) is 17.8. The topological polar surface area (TPSA) is 18.5 Å². The third-order valence-corrected chi connectivity index (χ3v) is 8.56. The van der Waals surface area contributed by atoms with Gasteiger partial charge in [-0.25, -0.2) is 0 Å². The molecular weight excluding hydrogens is 384 g/mol. The van der Waals surface area contributed by atoms with E-state index in [0.717, 1.165) is 27.4 Å². The predicted molar refractivity (Wildman–Crippen MR) is 126 cm³/mol. The van der Waals surface area contributed by atoms with Crippen LogP contribution < -0.4 is 19.5 Å². The van der Waals surface area contributed by atoms with Crippen LogP contribution in [0.4, 0.5) is 0 Å². The van der Waals surface area contributed by atoms with Crippen LogP contribution in [0.15, 0.2) is 128 Å². The van der Waals surface area contributed by atoms with Crippen molar-refractivity contribution in [1.82, 2.24) is 0 Å². The summed E-state index contributed by atoms with van der Waals surface area (Å²) in [5, 5.41) is 2.33. The van der Waals surface area contributed by atoms with Crippen LogP contribution in [-0.2, 0) is 6.61 Å². The molecule has 3 heteroatoms. The second-order valence-corrected chi connectivity index (χ2v) is 10.3. The summed E-state index contributed by atoms with van der Waals surface area (Å²) in [5.74, 6) is 1.62. The van der Waals surface area contributed by atoms with Crippen molar-refractivity contribution in [2.24, 2.45) is 0 Å². The molecule has 0 saturated carbocycles. The first-order valence-electron chi connectivity index (χ1n) is 10.0. The van der Waals surface area contributed by atoms with Crippen molar-refractivity contribution in [2.75, 3.05) is 0 Å². The highest BCUT2D eigenvalue weighted by Crippen LogP contribution is 2.22. The number of hydrogen-bond acceptors (Lipinski definition) is 2. The van der Waals surface area contributed by atoms with Gasteiger partial charge in [0.15, 0.2) is 0 Å². The Hall–Kier alpha value is -3.56. The Balaban J connectivity index is 1.58. The Kier molecular flexibility index (Phi) is 6.11. The molecule has 0 aliphatic heterocycles. The Labute approximate surface area is 179 Å². The summed E-state index contributed by atoms with van der Waals surface area (Å²) in [6, 6.07) is 38.7. The molecule has 148 valence electrons. The van der Waals surface area contributed by atoms with E-state index in [1.54, 1.807) is 0 Å². The van der Waals surface area contributed by atoms with Gasteiger partial charge < -0.3 is 9.16 Å². The van der Waals surface area contributed by atoms with Crippen LogP contribution in [0, 0.1) is 0 Å². The minimum absolute atomic E-state index is 0.542. The van der Waals surface area contributed by atoms with E-state index in [-0.39, 0.29) is 0 Å². The lowest BCUT2D eigenvalue weighted by atomic mass is 10.2. The molecule has 0 fully saturated rings. The van der Waals surface area contributed by atoms with E-state index in [4.69, 9.17) is 9.16 Å². The highest BCUT2D eigenvalue weighted by molar-refractivity contribution is 7.01. The summed E-state index contributed by atoms with van der Waals surface area (Å²) in [6.07, 6.45) is 0.